The Morgan fingerprint density at radius 2 is 1.32 bits per heavy atom. The van der Waals surface area contributed by atoms with Crippen molar-refractivity contribution >= 4 is 23.2 Å². The van der Waals surface area contributed by atoms with Crippen LogP contribution in [0.5, 0.6) is 0 Å². The summed E-state index contributed by atoms with van der Waals surface area (Å²) in [4.78, 5) is 2.38. The van der Waals surface area contributed by atoms with Gasteiger partial charge in [0.15, 0.2) is 0 Å². The minimum Gasteiger partial charge on any atom is -0.298 e. The highest BCUT2D eigenvalue weighted by Crippen LogP contribution is 2.32. The van der Waals surface area contributed by atoms with Gasteiger partial charge in [0, 0.05) is 13.1 Å². The number of rotatable bonds is 4. The Kier molecular flexibility index (Phi) is 6.26. The molecule has 0 spiro atoms. The summed E-state index contributed by atoms with van der Waals surface area (Å²) in [5.41, 5.74) is 4.34. The van der Waals surface area contributed by atoms with Gasteiger partial charge in [-0.1, -0.05) is 87.5 Å². The number of fused-ring (bicyclic) bond motifs is 1. The third kappa shape index (κ3) is 4.62. The molecule has 0 aliphatic heterocycles. The van der Waals surface area contributed by atoms with Crippen LogP contribution in [-0.2, 0) is 18.5 Å². The number of halogens is 1. The SMILES string of the molecule is CN(Cc1ccccc1)Cc1ccc(C(C)(C)C)c2ccccc12.Cl. The molecule has 0 atom stereocenters. The summed E-state index contributed by atoms with van der Waals surface area (Å²) in [5.74, 6) is 0. The Balaban J connectivity index is 0.00000225. The summed E-state index contributed by atoms with van der Waals surface area (Å²) in [6.07, 6.45) is 0. The van der Waals surface area contributed by atoms with Crippen LogP contribution in [0.4, 0.5) is 0 Å². The lowest BCUT2D eigenvalue weighted by atomic mass is 9.82. The van der Waals surface area contributed by atoms with E-state index in [0.717, 1.165) is 13.1 Å². The van der Waals surface area contributed by atoms with Crippen molar-refractivity contribution < 1.29 is 0 Å². The van der Waals surface area contributed by atoms with E-state index in [1.165, 1.54) is 27.5 Å². The highest BCUT2D eigenvalue weighted by atomic mass is 35.5. The highest BCUT2D eigenvalue weighted by molar-refractivity contribution is 5.89. The highest BCUT2D eigenvalue weighted by Gasteiger charge is 2.18. The lowest BCUT2D eigenvalue weighted by Crippen LogP contribution is -2.18. The fourth-order valence-corrected chi connectivity index (χ4v) is 3.40. The molecule has 0 fully saturated rings. The minimum atomic E-state index is 0. The van der Waals surface area contributed by atoms with Crippen LogP contribution in [0.2, 0.25) is 0 Å². The van der Waals surface area contributed by atoms with E-state index >= 15 is 0 Å². The van der Waals surface area contributed by atoms with Gasteiger partial charge in [0.05, 0.1) is 0 Å². The number of nitrogens with zero attached hydrogens (tertiary/aromatic N) is 1. The number of benzene rings is 3. The predicted molar refractivity (Wildman–Crippen MR) is 112 cm³/mol. The Labute approximate surface area is 158 Å². The Morgan fingerprint density at radius 3 is 1.96 bits per heavy atom. The van der Waals surface area contributed by atoms with Gasteiger partial charge in [-0.25, -0.2) is 0 Å². The molecule has 0 unspecified atom stereocenters. The Bertz CT molecular complexity index is 818. The molecule has 0 radical (unpaired) electrons. The van der Waals surface area contributed by atoms with E-state index in [0.29, 0.717) is 0 Å². The second-order valence-electron chi connectivity index (χ2n) is 7.73. The number of hydrogen-bond donors (Lipinski definition) is 0. The molecular weight excluding hydrogens is 326 g/mol. The molecule has 2 heteroatoms. The quantitative estimate of drug-likeness (QED) is 0.540. The topological polar surface area (TPSA) is 3.24 Å². The lowest BCUT2D eigenvalue weighted by Gasteiger charge is -2.24. The zero-order chi connectivity index (χ0) is 17.2. The van der Waals surface area contributed by atoms with E-state index in [1.807, 2.05) is 0 Å². The molecule has 0 aliphatic rings. The molecule has 3 aromatic rings. The summed E-state index contributed by atoms with van der Waals surface area (Å²) < 4.78 is 0. The van der Waals surface area contributed by atoms with E-state index in [1.54, 1.807) is 0 Å². The summed E-state index contributed by atoms with van der Waals surface area (Å²) >= 11 is 0. The molecule has 0 N–H and O–H groups in total. The molecule has 0 saturated heterocycles. The summed E-state index contributed by atoms with van der Waals surface area (Å²) in [5, 5.41) is 2.76. The minimum absolute atomic E-state index is 0. The molecule has 0 bridgehead atoms. The van der Waals surface area contributed by atoms with Crippen LogP contribution in [0.3, 0.4) is 0 Å². The lowest BCUT2D eigenvalue weighted by molar-refractivity contribution is 0.320. The van der Waals surface area contributed by atoms with Crippen LogP contribution >= 0.6 is 12.4 Å². The normalized spacial score (nSPS) is 11.6. The molecule has 0 amide bonds. The standard InChI is InChI=1S/C23H27N.ClH/c1-23(2,3)22-15-14-19(20-12-8-9-13-21(20)22)17-24(4)16-18-10-6-5-7-11-18;/h5-15H,16-17H2,1-4H3;1H. The first-order valence-electron chi connectivity index (χ1n) is 8.69. The largest absolute Gasteiger partial charge is 0.298 e. The van der Waals surface area contributed by atoms with Crippen molar-refractivity contribution in [1.29, 1.82) is 0 Å². The first kappa shape index (κ1) is 19.5. The van der Waals surface area contributed by atoms with Gasteiger partial charge in [0.1, 0.15) is 0 Å². The Hall–Kier alpha value is -1.83. The molecule has 3 aromatic carbocycles. The number of hydrogen-bond acceptors (Lipinski definition) is 1. The summed E-state index contributed by atoms with van der Waals surface area (Å²) in [7, 11) is 2.19. The molecule has 3 rings (SSSR count). The average molecular weight is 354 g/mol. The Morgan fingerprint density at radius 1 is 0.720 bits per heavy atom. The van der Waals surface area contributed by atoms with E-state index in [9.17, 15) is 0 Å². The molecule has 0 aliphatic carbocycles. The van der Waals surface area contributed by atoms with Gasteiger partial charge < -0.3 is 0 Å². The van der Waals surface area contributed by atoms with Gasteiger partial charge >= 0.3 is 0 Å². The van der Waals surface area contributed by atoms with Crippen LogP contribution in [-0.4, -0.2) is 11.9 Å². The monoisotopic (exact) mass is 353 g/mol. The first-order chi connectivity index (χ1) is 11.4. The van der Waals surface area contributed by atoms with Crippen LogP contribution in [0.15, 0.2) is 66.7 Å². The van der Waals surface area contributed by atoms with E-state index in [-0.39, 0.29) is 17.8 Å². The third-order valence-corrected chi connectivity index (χ3v) is 4.56. The zero-order valence-corrected chi connectivity index (χ0v) is 16.4. The van der Waals surface area contributed by atoms with E-state index in [4.69, 9.17) is 0 Å². The smallest absolute Gasteiger partial charge is 0.0240 e. The second-order valence-corrected chi connectivity index (χ2v) is 7.73. The second kappa shape index (κ2) is 8.03. The van der Waals surface area contributed by atoms with Crippen molar-refractivity contribution in [1.82, 2.24) is 4.90 Å². The van der Waals surface area contributed by atoms with E-state index in [2.05, 4.69) is 99.4 Å². The fourth-order valence-electron chi connectivity index (χ4n) is 3.40. The first-order valence-corrected chi connectivity index (χ1v) is 8.69. The molecule has 0 saturated carbocycles. The van der Waals surface area contributed by atoms with E-state index < -0.39 is 0 Å². The van der Waals surface area contributed by atoms with Crippen LogP contribution in [0, 0.1) is 0 Å². The van der Waals surface area contributed by atoms with Gasteiger partial charge in [-0.2, -0.15) is 0 Å². The van der Waals surface area contributed by atoms with Gasteiger partial charge in [0.2, 0.25) is 0 Å². The maximum Gasteiger partial charge on any atom is 0.0240 e. The summed E-state index contributed by atoms with van der Waals surface area (Å²) in [6.45, 7) is 8.79. The van der Waals surface area contributed by atoms with Gasteiger partial charge in [-0.15, -0.1) is 12.4 Å². The van der Waals surface area contributed by atoms with Crippen molar-refractivity contribution in [2.24, 2.45) is 0 Å². The maximum atomic E-state index is 2.38. The van der Waals surface area contributed by atoms with Crippen LogP contribution < -0.4 is 0 Å². The molecule has 0 aromatic heterocycles. The molecular formula is C23H28ClN. The maximum absolute atomic E-state index is 2.38. The van der Waals surface area contributed by atoms with Crippen LogP contribution in [0.1, 0.15) is 37.5 Å². The summed E-state index contributed by atoms with van der Waals surface area (Å²) in [6, 6.07) is 24.1. The molecule has 25 heavy (non-hydrogen) atoms. The predicted octanol–water partition coefficient (Wildman–Crippen LogP) is 6.19. The van der Waals surface area contributed by atoms with Crippen LogP contribution in [0.25, 0.3) is 10.8 Å². The van der Waals surface area contributed by atoms with Gasteiger partial charge in [-0.05, 0) is 39.9 Å². The average Bonchev–Trinajstić information content (AvgIpc) is 2.55. The van der Waals surface area contributed by atoms with Crippen molar-refractivity contribution in [3.63, 3.8) is 0 Å². The van der Waals surface area contributed by atoms with Crippen molar-refractivity contribution in [2.75, 3.05) is 7.05 Å². The van der Waals surface area contributed by atoms with Crippen molar-refractivity contribution in [3.05, 3.63) is 83.4 Å². The van der Waals surface area contributed by atoms with Crippen molar-refractivity contribution in [3.8, 4) is 0 Å². The van der Waals surface area contributed by atoms with Gasteiger partial charge in [-0.3, -0.25) is 4.90 Å². The van der Waals surface area contributed by atoms with Gasteiger partial charge in [0.25, 0.3) is 0 Å². The van der Waals surface area contributed by atoms with Crippen molar-refractivity contribution in [2.45, 2.75) is 39.3 Å². The molecule has 0 heterocycles. The zero-order valence-electron chi connectivity index (χ0n) is 15.6. The molecule has 1 nitrogen and oxygen atoms in total. The molecule has 132 valence electrons. The fraction of sp³-hybridized carbons (Fsp3) is 0.304. The third-order valence-electron chi connectivity index (χ3n) is 4.56.